The number of aliphatic hydroxyl groups excluding tert-OH is 1. The van der Waals surface area contributed by atoms with Crippen molar-refractivity contribution in [1.82, 2.24) is 0 Å². The summed E-state index contributed by atoms with van der Waals surface area (Å²) in [5.74, 6) is -0.792. The highest BCUT2D eigenvalue weighted by molar-refractivity contribution is 5.95. The molecule has 1 aromatic heterocycles. The van der Waals surface area contributed by atoms with Crippen LogP contribution in [0.5, 0.6) is 0 Å². The molecule has 1 N–H and O–H groups in total. The summed E-state index contributed by atoms with van der Waals surface area (Å²) in [6.07, 6.45) is 0. The number of fused-ring (bicyclic) bond motifs is 1. The molecule has 120 valence electrons. The molecule has 0 spiro atoms. The maximum atomic E-state index is 12.6. The quantitative estimate of drug-likeness (QED) is 0.338. The van der Waals surface area contributed by atoms with E-state index in [1.165, 1.54) is 0 Å². The second-order valence-corrected chi connectivity index (χ2v) is 5.21. The van der Waals surface area contributed by atoms with Crippen LogP contribution < -0.4 is 4.57 Å². The molecule has 1 heterocycles. The zero-order chi connectivity index (χ0) is 16.9. The van der Waals surface area contributed by atoms with Crippen molar-refractivity contribution < 1.29 is 24.0 Å². The molecule has 0 aliphatic rings. The van der Waals surface area contributed by atoms with E-state index in [0.29, 0.717) is 5.56 Å². The number of benzene rings is 2. The molecule has 0 saturated carbocycles. The van der Waals surface area contributed by atoms with Gasteiger partial charge in [-0.3, -0.25) is 4.79 Å². The first kappa shape index (κ1) is 15.8. The Bertz CT molecular complexity index is 890. The molecule has 0 bridgehead atoms. The first-order valence-corrected chi connectivity index (χ1v) is 7.48. The highest BCUT2D eigenvalue weighted by Gasteiger charge is 2.26. The molecular weight excluding hydrogens is 306 g/mol. The zero-order valence-corrected chi connectivity index (χ0v) is 12.9. The lowest BCUT2D eigenvalue weighted by molar-refractivity contribution is -0.659. The van der Waals surface area contributed by atoms with Crippen LogP contribution in [0.3, 0.4) is 0 Å². The van der Waals surface area contributed by atoms with Gasteiger partial charge in [0.25, 0.3) is 5.69 Å². The Morgan fingerprint density at radius 2 is 1.62 bits per heavy atom. The van der Waals surface area contributed by atoms with Gasteiger partial charge in [0.1, 0.15) is 0 Å². The van der Waals surface area contributed by atoms with Crippen LogP contribution in [-0.4, -0.2) is 23.7 Å². The Morgan fingerprint density at radius 1 is 0.917 bits per heavy atom. The largest absolute Gasteiger partial charge is 0.431 e. The highest BCUT2D eigenvalue weighted by atomic mass is 16.6. The van der Waals surface area contributed by atoms with E-state index < -0.39 is 12.8 Å². The predicted octanol–water partition coefficient (Wildman–Crippen LogP) is 2.12. The van der Waals surface area contributed by atoms with Crippen molar-refractivity contribution in [3.05, 3.63) is 78.0 Å². The number of aliphatic hydroxyl groups is 1. The molecule has 0 aliphatic heterocycles. The minimum atomic E-state index is -0.710. The van der Waals surface area contributed by atoms with Gasteiger partial charge < -0.3 is 9.84 Å². The lowest BCUT2D eigenvalue weighted by atomic mass is 10.1. The standard InChI is InChI=1S/C19H16NO4/c21-13-24-19(23)17-11-10-14-6-4-5-9-16(14)20(17)12-18(22)15-7-2-1-3-8-15/h1-11,21H,12-13H2/q+1. The van der Waals surface area contributed by atoms with Crippen molar-refractivity contribution in [2.75, 3.05) is 6.79 Å². The summed E-state index contributed by atoms with van der Waals surface area (Å²) in [4.78, 5) is 24.7. The Hall–Kier alpha value is -3.05. The minimum Gasteiger partial charge on any atom is -0.431 e. The van der Waals surface area contributed by atoms with Gasteiger partial charge in [0.15, 0.2) is 6.79 Å². The van der Waals surface area contributed by atoms with E-state index in [9.17, 15) is 9.59 Å². The monoisotopic (exact) mass is 322 g/mol. The van der Waals surface area contributed by atoms with E-state index in [1.54, 1.807) is 41.0 Å². The number of ether oxygens (including phenoxy) is 1. The van der Waals surface area contributed by atoms with Gasteiger partial charge in [0, 0.05) is 23.1 Å². The van der Waals surface area contributed by atoms with E-state index in [2.05, 4.69) is 4.74 Å². The summed E-state index contributed by atoms with van der Waals surface area (Å²) in [5.41, 5.74) is 1.53. The number of aromatic nitrogens is 1. The maximum absolute atomic E-state index is 12.6. The molecule has 2 aromatic carbocycles. The molecule has 0 fully saturated rings. The van der Waals surface area contributed by atoms with Crippen molar-refractivity contribution >= 4 is 22.7 Å². The number of carbonyl (C=O) groups is 2. The van der Waals surface area contributed by atoms with Crippen molar-refractivity contribution in [1.29, 1.82) is 0 Å². The Morgan fingerprint density at radius 3 is 2.38 bits per heavy atom. The van der Waals surface area contributed by atoms with Crippen LogP contribution in [0.15, 0.2) is 66.7 Å². The summed E-state index contributed by atoms with van der Waals surface area (Å²) in [6.45, 7) is -0.709. The lowest BCUT2D eigenvalue weighted by Gasteiger charge is -2.06. The Kier molecular flexibility index (Phi) is 4.63. The second kappa shape index (κ2) is 7.02. The van der Waals surface area contributed by atoms with E-state index in [1.807, 2.05) is 30.3 Å². The van der Waals surface area contributed by atoms with Crippen molar-refractivity contribution in [3.63, 3.8) is 0 Å². The number of esters is 1. The summed E-state index contributed by atoms with van der Waals surface area (Å²) in [6, 6.07) is 19.7. The van der Waals surface area contributed by atoms with Crippen molar-refractivity contribution in [2.45, 2.75) is 6.54 Å². The third kappa shape index (κ3) is 3.16. The minimum absolute atomic E-state index is 0.00122. The van der Waals surface area contributed by atoms with Crippen LogP contribution in [0.1, 0.15) is 20.8 Å². The third-order valence-electron chi connectivity index (χ3n) is 3.74. The van der Waals surface area contributed by atoms with Crippen LogP contribution in [0.2, 0.25) is 0 Å². The number of hydrogen-bond donors (Lipinski definition) is 1. The number of carbonyl (C=O) groups excluding carboxylic acids is 2. The fourth-order valence-electron chi connectivity index (χ4n) is 2.60. The van der Waals surface area contributed by atoms with E-state index in [-0.39, 0.29) is 18.0 Å². The number of para-hydroxylation sites is 1. The van der Waals surface area contributed by atoms with Gasteiger partial charge in [-0.1, -0.05) is 42.5 Å². The van der Waals surface area contributed by atoms with Crippen LogP contribution in [0.25, 0.3) is 10.9 Å². The summed E-state index contributed by atoms with van der Waals surface area (Å²) < 4.78 is 6.30. The van der Waals surface area contributed by atoms with E-state index >= 15 is 0 Å². The fraction of sp³-hybridized carbons (Fsp3) is 0.105. The maximum Gasteiger partial charge on any atom is 0.405 e. The topological polar surface area (TPSA) is 67.5 Å². The average Bonchev–Trinajstić information content (AvgIpc) is 2.63. The number of pyridine rings is 1. The van der Waals surface area contributed by atoms with Crippen LogP contribution in [0, 0.1) is 0 Å². The van der Waals surface area contributed by atoms with Gasteiger partial charge in [-0.25, -0.2) is 4.79 Å². The fourth-order valence-corrected chi connectivity index (χ4v) is 2.60. The first-order chi connectivity index (χ1) is 11.7. The molecule has 5 nitrogen and oxygen atoms in total. The Balaban J connectivity index is 2.08. The molecule has 0 amide bonds. The predicted molar refractivity (Wildman–Crippen MR) is 87.4 cm³/mol. The van der Waals surface area contributed by atoms with Crippen LogP contribution in [0.4, 0.5) is 0 Å². The molecule has 0 atom stereocenters. The average molecular weight is 322 g/mol. The van der Waals surface area contributed by atoms with Gasteiger partial charge in [-0.2, -0.15) is 4.57 Å². The van der Waals surface area contributed by atoms with Gasteiger partial charge in [-0.05, 0) is 12.1 Å². The van der Waals surface area contributed by atoms with Crippen molar-refractivity contribution in [3.8, 4) is 0 Å². The first-order valence-electron chi connectivity index (χ1n) is 7.48. The number of ketones is 1. The molecule has 3 aromatic rings. The number of nitrogens with zero attached hydrogens (tertiary/aromatic N) is 1. The number of rotatable bonds is 5. The summed E-state index contributed by atoms with van der Waals surface area (Å²) in [7, 11) is 0. The molecule has 0 unspecified atom stereocenters. The molecule has 0 aliphatic carbocycles. The molecule has 24 heavy (non-hydrogen) atoms. The number of hydrogen-bond acceptors (Lipinski definition) is 4. The second-order valence-electron chi connectivity index (χ2n) is 5.21. The van der Waals surface area contributed by atoms with Crippen molar-refractivity contribution in [2.24, 2.45) is 0 Å². The van der Waals surface area contributed by atoms with E-state index in [0.717, 1.165) is 10.9 Å². The molecule has 0 radical (unpaired) electrons. The van der Waals surface area contributed by atoms with Gasteiger partial charge in [0.05, 0.1) is 0 Å². The van der Waals surface area contributed by atoms with E-state index in [4.69, 9.17) is 5.11 Å². The highest BCUT2D eigenvalue weighted by Crippen LogP contribution is 2.12. The summed E-state index contributed by atoms with van der Waals surface area (Å²) >= 11 is 0. The summed E-state index contributed by atoms with van der Waals surface area (Å²) in [5, 5.41) is 9.74. The van der Waals surface area contributed by atoms with Gasteiger partial charge in [0.2, 0.25) is 17.8 Å². The smallest absolute Gasteiger partial charge is 0.405 e. The number of Topliss-reactive ketones (excluding diaryl/α,β-unsaturated/α-hetero) is 1. The van der Waals surface area contributed by atoms with Gasteiger partial charge >= 0.3 is 5.97 Å². The Labute approximate surface area is 138 Å². The molecule has 3 rings (SSSR count). The lowest BCUT2D eigenvalue weighted by Crippen LogP contribution is -2.45. The van der Waals surface area contributed by atoms with Gasteiger partial charge in [-0.15, -0.1) is 0 Å². The SMILES string of the molecule is O=C(C[n+]1c(C(=O)OCO)ccc2ccccc21)c1ccccc1. The molecular formula is C19H16NO4+. The third-order valence-corrected chi connectivity index (χ3v) is 3.74. The molecule has 5 heteroatoms. The zero-order valence-electron chi connectivity index (χ0n) is 12.9. The molecule has 0 saturated heterocycles. The normalized spacial score (nSPS) is 10.5. The van der Waals surface area contributed by atoms with Crippen LogP contribution in [-0.2, 0) is 11.3 Å². The van der Waals surface area contributed by atoms with Crippen LogP contribution >= 0.6 is 0 Å².